The molecular weight excluding hydrogens is 330 g/mol. The largest absolute Gasteiger partial charge is 0.295 e. The minimum Gasteiger partial charge on any atom is -0.267 e. The lowest BCUT2D eigenvalue weighted by Gasteiger charge is -2.11. The highest BCUT2D eigenvalue weighted by atomic mass is 16.6. The molecule has 3 aromatic carbocycles. The van der Waals surface area contributed by atoms with Crippen LogP contribution >= 0.6 is 0 Å². The second-order valence-electron chi connectivity index (χ2n) is 5.72. The zero-order chi connectivity index (χ0) is 18.1. The molecule has 0 saturated heterocycles. The summed E-state index contributed by atoms with van der Waals surface area (Å²) < 4.78 is 1.11. The van der Waals surface area contributed by atoms with E-state index in [1.54, 1.807) is 24.3 Å². The minimum absolute atomic E-state index is 0.144. The Kier molecular flexibility index (Phi) is 3.78. The number of benzene rings is 3. The van der Waals surface area contributed by atoms with Crippen molar-refractivity contribution in [2.24, 2.45) is 0 Å². The van der Waals surface area contributed by atoms with Crippen LogP contribution in [-0.2, 0) is 0 Å². The minimum atomic E-state index is -0.513. The van der Waals surface area contributed by atoms with E-state index in [1.807, 2.05) is 42.5 Å². The summed E-state index contributed by atoms with van der Waals surface area (Å²) in [5.41, 5.74) is 1.01. The molecule has 0 radical (unpaired) electrons. The SMILES string of the molecule is O=c1c2ccccc2c(-c2ccccc2)nn1-c1ccccc1[N+](=O)[O-]. The Balaban J connectivity index is 2.11. The number of nitrogens with zero attached hydrogens (tertiary/aromatic N) is 3. The predicted octanol–water partition coefficient (Wildman–Crippen LogP) is 3.96. The zero-order valence-corrected chi connectivity index (χ0v) is 13.6. The van der Waals surface area contributed by atoms with E-state index < -0.39 is 10.5 Å². The van der Waals surface area contributed by atoms with Gasteiger partial charge >= 0.3 is 0 Å². The van der Waals surface area contributed by atoms with Gasteiger partial charge in [-0.15, -0.1) is 0 Å². The fraction of sp³-hybridized carbons (Fsp3) is 0. The van der Waals surface area contributed by atoms with Gasteiger partial charge in [0.15, 0.2) is 0 Å². The third kappa shape index (κ3) is 2.53. The smallest absolute Gasteiger partial charge is 0.267 e. The van der Waals surface area contributed by atoms with Crippen molar-refractivity contribution in [2.45, 2.75) is 0 Å². The molecule has 4 aromatic rings. The van der Waals surface area contributed by atoms with Crippen molar-refractivity contribution < 1.29 is 4.92 Å². The molecule has 0 unspecified atom stereocenters. The number of nitro groups is 1. The fourth-order valence-corrected chi connectivity index (χ4v) is 2.96. The van der Waals surface area contributed by atoms with E-state index in [-0.39, 0.29) is 11.4 Å². The highest BCUT2D eigenvalue weighted by Crippen LogP contribution is 2.27. The molecule has 1 aromatic heterocycles. The molecule has 0 amide bonds. The Morgan fingerprint density at radius 3 is 2.15 bits per heavy atom. The molecule has 0 spiro atoms. The molecule has 0 atom stereocenters. The summed E-state index contributed by atoms with van der Waals surface area (Å²) in [6, 6.07) is 22.7. The Hall–Kier alpha value is -3.80. The maximum atomic E-state index is 13.0. The lowest BCUT2D eigenvalue weighted by atomic mass is 10.1. The predicted molar refractivity (Wildman–Crippen MR) is 99.4 cm³/mol. The van der Waals surface area contributed by atoms with E-state index in [4.69, 9.17) is 0 Å². The van der Waals surface area contributed by atoms with Crippen molar-refractivity contribution >= 4 is 16.5 Å². The molecule has 0 bridgehead atoms. The van der Waals surface area contributed by atoms with E-state index in [1.165, 1.54) is 12.1 Å². The van der Waals surface area contributed by atoms with Crippen LogP contribution in [0.15, 0.2) is 83.7 Å². The molecule has 0 aliphatic heterocycles. The zero-order valence-electron chi connectivity index (χ0n) is 13.6. The van der Waals surface area contributed by atoms with E-state index in [9.17, 15) is 14.9 Å². The number of fused-ring (bicyclic) bond motifs is 1. The van der Waals surface area contributed by atoms with Crippen molar-refractivity contribution in [1.82, 2.24) is 9.78 Å². The van der Waals surface area contributed by atoms with Crippen LogP contribution in [0, 0.1) is 10.1 Å². The van der Waals surface area contributed by atoms with E-state index in [2.05, 4.69) is 5.10 Å². The average Bonchev–Trinajstić information content (AvgIpc) is 2.69. The molecule has 0 aliphatic carbocycles. The number of para-hydroxylation sites is 2. The Morgan fingerprint density at radius 1 is 0.808 bits per heavy atom. The van der Waals surface area contributed by atoms with Gasteiger partial charge in [0.2, 0.25) is 0 Å². The molecule has 0 N–H and O–H groups in total. The van der Waals surface area contributed by atoms with Gasteiger partial charge in [-0.2, -0.15) is 9.78 Å². The summed E-state index contributed by atoms with van der Waals surface area (Å²) in [6.45, 7) is 0. The molecule has 126 valence electrons. The van der Waals surface area contributed by atoms with Crippen molar-refractivity contribution in [2.75, 3.05) is 0 Å². The molecule has 0 saturated carbocycles. The van der Waals surface area contributed by atoms with Crippen molar-refractivity contribution in [1.29, 1.82) is 0 Å². The molecular formula is C20H13N3O3. The van der Waals surface area contributed by atoms with Crippen molar-refractivity contribution in [3.8, 4) is 16.9 Å². The maximum Gasteiger partial charge on any atom is 0.295 e. The maximum absolute atomic E-state index is 13.0. The topological polar surface area (TPSA) is 78.0 Å². The van der Waals surface area contributed by atoms with E-state index in [0.717, 1.165) is 10.2 Å². The van der Waals surface area contributed by atoms with Gasteiger partial charge in [0.1, 0.15) is 5.69 Å². The normalized spacial score (nSPS) is 10.8. The van der Waals surface area contributed by atoms with Gasteiger partial charge in [0.25, 0.3) is 11.2 Å². The Bertz CT molecular complexity index is 1180. The van der Waals surface area contributed by atoms with Gasteiger partial charge < -0.3 is 0 Å². The van der Waals surface area contributed by atoms with Crippen LogP contribution in [-0.4, -0.2) is 14.7 Å². The van der Waals surface area contributed by atoms with Crippen LogP contribution in [0.5, 0.6) is 0 Å². The number of hydrogen-bond donors (Lipinski definition) is 0. The number of rotatable bonds is 3. The standard InChI is InChI=1S/C20H13N3O3/c24-20-16-11-5-4-10-15(16)19(14-8-2-1-3-9-14)21-22(20)17-12-6-7-13-18(17)23(25)26/h1-13H. The highest BCUT2D eigenvalue weighted by molar-refractivity contribution is 5.94. The summed E-state index contributed by atoms with van der Waals surface area (Å²) in [5.74, 6) is 0. The van der Waals surface area contributed by atoms with Crippen molar-refractivity contribution in [3.05, 3.63) is 99.3 Å². The Labute approximate surface area is 148 Å². The molecule has 4 rings (SSSR count). The summed E-state index contributed by atoms with van der Waals surface area (Å²) in [7, 11) is 0. The van der Waals surface area contributed by atoms with Gasteiger partial charge in [0, 0.05) is 17.0 Å². The van der Waals surface area contributed by atoms with Crippen LogP contribution in [0.2, 0.25) is 0 Å². The number of aromatic nitrogens is 2. The summed E-state index contributed by atoms with van der Waals surface area (Å²) in [4.78, 5) is 23.8. The second kappa shape index (κ2) is 6.25. The second-order valence-corrected chi connectivity index (χ2v) is 5.72. The van der Waals surface area contributed by atoms with Gasteiger partial charge in [-0.25, -0.2) is 0 Å². The van der Waals surface area contributed by atoms with Gasteiger partial charge in [-0.3, -0.25) is 14.9 Å². The summed E-state index contributed by atoms with van der Waals surface area (Å²) in [5, 5.41) is 17.0. The third-order valence-corrected chi connectivity index (χ3v) is 4.16. The molecule has 6 nitrogen and oxygen atoms in total. The molecule has 26 heavy (non-hydrogen) atoms. The first-order valence-electron chi connectivity index (χ1n) is 7.98. The molecule has 0 fully saturated rings. The lowest BCUT2D eigenvalue weighted by molar-refractivity contribution is -0.384. The Morgan fingerprint density at radius 2 is 1.42 bits per heavy atom. The lowest BCUT2D eigenvalue weighted by Crippen LogP contribution is -2.23. The summed E-state index contributed by atoms with van der Waals surface area (Å²) in [6.07, 6.45) is 0. The molecule has 0 aliphatic rings. The number of hydrogen-bond acceptors (Lipinski definition) is 4. The van der Waals surface area contributed by atoms with Crippen LogP contribution in [0.1, 0.15) is 0 Å². The molecule has 1 heterocycles. The quantitative estimate of drug-likeness (QED) is 0.417. The van der Waals surface area contributed by atoms with Gasteiger partial charge in [-0.05, 0) is 12.1 Å². The highest BCUT2D eigenvalue weighted by Gasteiger charge is 2.19. The van der Waals surface area contributed by atoms with Crippen LogP contribution < -0.4 is 5.56 Å². The van der Waals surface area contributed by atoms with Crippen LogP contribution in [0.25, 0.3) is 27.7 Å². The van der Waals surface area contributed by atoms with Crippen LogP contribution in [0.4, 0.5) is 5.69 Å². The molecule has 6 heteroatoms. The summed E-state index contributed by atoms with van der Waals surface area (Å²) >= 11 is 0. The average molecular weight is 343 g/mol. The monoisotopic (exact) mass is 343 g/mol. The number of nitro benzene ring substituents is 1. The first kappa shape index (κ1) is 15.7. The van der Waals surface area contributed by atoms with E-state index >= 15 is 0 Å². The van der Waals surface area contributed by atoms with Gasteiger partial charge in [-0.1, -0.05) is 60.7 Å². The van der Waals surface area contributed by atoms with Crippen molar-refractivity contribution in [3.63, 3.8) is 0 Å². The van der Waals surface area contributed by atoms with Crippen LogP contribution in [0.3, 0.4) is 0 Å². The first-order chi connectivity index (χ1) is 12.7. The first-order valence-corrected chi connectivity index (χ1v) is 7.98. The fourth-order valence-electron chi connectivity index (χ4n) is 2.96. The van der Waals surface area contributed by atoms with Gasteiger partial charge in [0.05, 0.1) is 16.0 Å². The third-order valence-electron chi connectivity index (χ3n) is 4.16. The van der Waals surface area contributed by atoms with E-state index in [0.29, 0.717) is 16.5 Å².